The third kappa shape index (κ3) is 5.86. The minimum atomic E-state index is -4.43. The fourth-order valence-corrected chi connectivity index (χ4v) is 5.70. The van der Waals surface area contributed by atoms with Gasteiger partial charge < -0.3 is 14.7 Å². The van der Waals surface area contributed by atoms with Crippen LogP contribution in [0.3, 0.4) is 0 Å². The predicted molar refractivity (Wildman–Crippen MR) is 123 cm³/mol. The van der Waals surface area contributed by atoms with Crippen LogP contribution in [0.15, 0.2) is 64.6 Å². The Bertz CT molecular complexity index is 1170. The number of rotatable bonds is 7. The van der Waals surface area contributed by atoms with Gasteiger partial charge in [0.1, 0.15) is 10.6 Å². The standard InChI is InChI=1S/C22H23F3N2O5S2/c1-26-16(8-10-22(23,24)25)14-27(15-6-4-3-5-7-15)17-12-19(33-2)18(32-11-9-21(28)29)13-20(17)34(26,30)31/h3-7,9,11-13,16H,8,10,14H2,1-2H3,(H,28,29)/b11-9+. The number of anilines is 2. The van der Waals surface area contributed by atoms with Gasteiger partial charge in [-0.1, -0.05) is 18.2 Å². The summed E-state index contributed by atoms with van der Waals surface area (Å²) in [5.41, 5.74) is 0.921. The molecule has 0 radical (unpaired) electrons. The highest BCUT2D eigenvalue weighted by Crippen LogP contribution is 2.43. The molecule has 1 atom stereocenters. The molecule has 0 spiro atoms. The smallest absolute Gasteiger partial charge is 0.389 e. The topological polar surface area (TPSA) is 87.1 Å². The van der Waals surface area contributed by atoms with Crippen molar-refractivity contribution < 1.29 is 36.2 Å². The summed E-state index contributed by atoms with van der Waals surface area (Å²) in [6.07, 6.45) is -2.52. The number of carboxylic acids is 1. The average Bonchev–Trinajstić information content (AvgIpc) is 2.85. The maximum Gasteiger partial charge on any atom is 0.389 e. The zero-order valence-electron chi connectivity index (χ0n) is 18.3. The molecule has 1 unspecified atom stereocenters. The number of nitrogens with zero attached hydrogens (tertiary/aromatic N) is 2. The molecule has 0 saturated carbocycles. The van der Waals surface area contributed by atoms with Crippen LogP contribution in [-0.4, -0.2) is 55.9 Å². The lowest BCUT2D eigenvalue weighted by Crippen LogP contribution is -2.41. The van der Waals surface area contributed by atoms with Gasteiger partial charge in [0.25, 0.3) is 0 Å². The summed E-state index contributed by atoms with van der Waals surface area (Å²) in [6, 6.07) is 10.7. The normalized spacial score (nSPS) is 18.5. The molecular formula is C22H23F3N2O5S2. The Balaban J connectivity index is 2.18. The van der Waals surface area contributed by atoms with E-state index in [1.165, 1.54) is 24.9 Å². The number of ether oxygens (including phenoxy) is 1. The van der Waals surface area contributed by atoms with Crippen LogP contribution in [0.5, 0.6) is 5.75 Å². The molecule has 2 aromatic rings. The van der Waals surface area contributed by atoms with Crippen LogP contribution in [0.1, 0.15) is 12.8 Å². The molecule has 0 saturated heterocycles. The molecule has 0 bridgehead atoms. The monoisotopic (exact) mass is 516 g/mol. The van der Waals surface area contributed by atoms with E-state index < -0.39 is 41.1 Å². The summed E-state index contributed by atoms with van der Waals surface area (Å²) < 4.78 is 72.4. The van der Waals surface area contributed by atoms with Gasteiger partial charge in [0, 0.05) is 37.8 Å². The minimum absolute atomic E-state index is 0.00969. The molecule has 1 N–H and O–H groups in total. The number of benzene rings is 2. The highest BCUT2D eigenvalue weighted by atomic mass is 32.2. The van der Waals surface area contributed by atoms with E-state index >= 15 is 0 Å². The molecule has 0 aromatic heterocycles. The van der Waals surface area contributed by atoms with Crippen molar-refractivity contribution in [2.45, 2.75) is 34.9 Å². The van der Waals surface area contributed by atoms with Gasteiger partial charge in [-0.25, -0.2) is 13.2 Å². The molecule has 1 aliphatic rings. The van der Waals surface area contributed by atoms with Crippen molar-refractivity contribution in [3.63, 3.8) is 0 Å². The Kier molecular flexibility index (Phi) is 7.84. The summed E-state index contributed by atoms with van der Waals surface area (Å²) in [6.45, 7) is 0.00969. The van der Waals surface area contributed by atoms with Gasteiger partial charge in [-0.3, -0.25) is 0 Å². The molecule has 7 nitrogen and oxygen atoms in total. The van der Waals surface area contributed by atoms with E-state index in [0.29, 0.717) is 16.3 Å². The number of halogens is 3. The van der Waals surface area contributed by atoms with E-state index in [9.17, 15) is 26.4 Å². The average molecular weight is 517 g/mol. The number of alkyl halides is 3. The van der Waals surface area contributed by atoms with Crippen LogP contribution >= 0.6 is 11.8 Å². The molecule has 34 heavy (non-hydrogen) atoms. The highest BCUT2D eigenvalue weighted by Gasteiger charge is 2.39. The molecule has 184 valence electrons. The lowest BCUT2D eigenvalue weighted by Gasteiger charge is -2.30. The van der Waals surface area contributed by atoms with Crippen molar-refractivity contribution in [2.75, 3.05) is 24.7 Å². The zero-order chi connectivity index (χ0) is 25.1. The molecule has 0 aliphatic carbocycles. The number of hydrogen-bond acceptors (Lipinski definition) is 6. The fraction of sp³-hybridized carbons (Fsp3) is 0.318. The molecular weight excluding hydrogens is 493 g/mol. The second-order valence-corrected chi connectivity index (χ2v) is 10.3. The third-order valence-corrected chi connectivity index (χ3v) is 8.03. The first-order valence-electron chi connectivity index (χ1n) is 10.1. The zero-order valence-corrected chi connectivity index (χ0v) is 20.0. The molecule has 1 heterocycles. The first-order valence-corrected chi connectivity index (χ1v) is 12.8. The van der Waals surface area contributed by atoms with Crippen LogP contribution in [0.25, 0.3) is 0 Å². The van der Waals surface area contributed by atoms with Crippen molar-refractivity contribution in [1.82, 2.24) is 4.31 Å². The lowest BCUT2D eigenvalue weighted by molar-refractivity contribution is -0.137. The lowest BCUT2D eigenvalue weighted by atomic mass is 10.1. The number of hydrogen-bond donors (Lipinski definition) is 1. The summed E-state index contributed by atoms with van der Waals surface area (Å²) >= 11 is 1.26. The van der Waals surface area contributed by atoms with Crippen LogP contribution in [0.4, 0.5) is 24.5 Å². The number of sulfonamides is 1. The summed E-state index contributed by atoms with van der Waals surface area (Å²) in [5.74, 6) is -1.13. The summed E-state index contributed by atoms with van der Waals surface area (Å²) in [4.78, 5) is 12.8. The van der Waals surface area contributed by atoms with Crippen LogP contribution in [0.2, 0.25) is 0 Å². The first kappa shape index (κ1) is 25.9. The third-order valence-electron chi connectivity index (χ3n) is 5.34. The van der Waals surface area contributed by atoms with Crippen molar-refractivity contribution in [2.24, 2.45) is 0 Å². The van der Waals surface area contributed by atoms with E-state index in [1.807, 2.05) is 0 Å². The Morgan fingerprint density at radius 2 is 1.94 bits per heavy atom. The Morgan fingerprint density at radius 1 is 1.26 bits per heavy atom. The summed E-state index contributed by atoms with van der Waals surface area (Å²) in [7, 11) is -2.94. The van der Waals surface area contributed by atoms with Gasteiger partial charge in [-0.15, -0.1) is 11.8 Å². The molecule has 1 aliphatic heterocycles. The van der Waals surface area contributed by atoms with E-state index in [1.54, 1.807) is 47.6 Å². The second kappa shape index (κ2) is 10.3. The van der Waals surface area contributed by atoms with Crippen LogP contribution in [-0.2, 0) is 14.8 Å². The Labute approximate surface area is 199 Å². The number of thioether (sulfide) groups is 1. The number of likely N-dealkylation sites (N-methyl/N-ethyl adjacent to an activating group) is 1. The minimum Gasteiger partial charge on any atom is -0.478 e. The van der Waals surface area contributed by atoms with Gasteiger partial charge in [0.15, 0.2) is 0 Å². The number of carboxylic acid groups (broad SMARTS) is 1. The largest absolute Gasteiger partial charge is 0.478 e. The van der Waals surface area contributed by atoms with E-state index in [4.69, 9.17) is 9.84 Å². The van der Waals surface area contributed by atoms with Crippen molar-refractivity contribution in [3.8, 4) is 5.75 Å². The van der Waals surface area contributed by atoms with E-state index in [-0.39, 0.29) is 17.2 Å². The van der Waals surface area contributed by atoms with Crippen LogP contribution in [0, 0.1) is 0 Å². The molecule has 0 fully saturated rings. The molecule has 12 heteroatoms. The van der Waals surface area contributed by atoms with Gasteiger partial charge in [-0.05, 0) is 30.9 Å². The van der Waals surface area contributed by atoms with Crippen LogP contribution < -0.4 is 9.64 Å². The number of fused-ring (bicyclic) bond motifs is 1. The summed E-state index contributed by atoms with van der Waals surface area (Å²) in [5, 5.41) is 8.80. The number of carbonyl (C=O) groups is 1. The fourth-order valence-electron chi connectivity index (χ4n) is 3.60. The highest BCUT2D eigenvalue weighted by molar-refractivity contribution is 7.98. The molecule has 3 rings (SSSR count). The van der Waals surface area contributed by atoms with Crippen molar-refractivity contribution in [1.29, 1.82) is 0 Å². The van der Waals surface area contributed by atoms with Gasteiger partial charge >= 0.3 is 12.1 Å². The van der Waals surface area contributed by atoms with Gasteiger partial charge in [-0.2, -0.15) is 17.5 Å². The van der Waals surface area contributed by atoms with E-state index in [2.05, 4.69) is 0 Å². The quantitative estimate of drug-likeness (QED) is 0.319. The van der Waals surface area contributed by atoms with E-state index in [0.717, 1.165) is 16.6 Å². The number of para-hydroxylation sites is 1. The maximum absolute atomic E-state index is 13.5. The van der Waals surface area contributed by atoms with Gasteiger partial charge in [0.2, 0.25) is 10.0 Å². The van der Waals surface area contributed by atoms with Gasteiger partial charge in [0.05, 0.1) is 22.9 Å². The number of aliphatic carboxylic acids is 1. The maximum atomic E-state index is 13.5. The second-order valence-electron chi connectivity index (χ2n) is 7.50. The Hall–Kier alpha value is -2.70. The predicted octanol–water partition coefficient (Wildman–Crippen LogP) is 4.87. The SMILES string of the molecule is CSc1cc2c(cc1O/C=C/C(=O)O)S(=O)(=O)N(C)C(CCC(F)(F)F)CN2c1ccccc1. The van der Waals surface area contributed by atoms with Crippen molar-refractivity contribution >= 4 is 39.1 Å². The first-order chi connectivity index (χ1) is 15.9. The molecule has 2 aromatic carbocycles. The van der Waals surface area contributed by atoms with Crippen molar-refractivity contribution in [3.05, 3.63) is 54.8 Å². The Morgan fingerprint density at radius 3 is 2.53 bits per heavy atom. The molecule has 0 amide bonds.